The number of H-pyrrole nitrogens is 1. The normalized spacial score (nSPS) is 10.8. The van der Waals surface area contributed by atoms with Gasteiger partial charge in [-0.05, 0) is 25.8 Å². The fourth-order valence-corrected chi connectivity index (χ4v) is 2.45. The number of nitrogens with one attached hydrogen (secondary N) is 1. The van der Waals surface area contributed by atoms with Crippen molar-refractivity contribution in [3.05, 3.63) is 56.6 Å². The summed E-state index contributed by atoms with van der Waals surface area (Å²) in [6.07, 6.45) is 1.85. The molecule has 20 heavy (non-hydrogen) atoms. The number of aryl methyl sites for hydroxylation is 2. The summed E-state index contributed by atoms with van der Waals surface area (Å²) in [6.45, 7) is 6.03. The third kappa shape index (κ3) is 3.26. The van der Waals surface area contributed by atoms with E-state index in [0.717, 1.165) is 12.0 Å². The summed E-state index contributed by atoms with van der Waals surface area (Å²) >= 11 is 0. The molecule has 0 aliphatic carbocycles. The molecule has 4 heteroatoms. The first kappa shape index (κ1) is 14.3. The Kier molecular flexibility index (Phi) is 4.23. The minimum absolute atomic E-state index is 0.144. The highest BCUT2D eigenvalue weighted by Gasteiger charge is 2.10. The molecule has 2 rings (SSSR count). The Hall–Kier alpha value is -2.10. The smallest absolute Gasteiger partial charge is 0.257 e. The van der Waals surface area contributed by atoms with E-state index in [-0.39, 0.29) is 11.4 Å². The maximum absolute atomic E-state index is 11.9. The van der Waals surface area contributed by atoms with E-state index in [4.69, 9.17) is 0 Å². The van der Waals surface area contributed by atoms with Crippen LogP contribution in [-0.2, 0) is 12.8 Å². The Labute approximate surface area is 118 Å². The molecule has 0 unspecified atom stereocenters. The summed E-state index contributed by atoms with van der Waals surface area (Å²) in [7, 11) is 0. The third-order valence-electron chi connectivity index (χ3n) is 3.20. The van der Waals surface area contributed by atoms with Crippen molar-refractivity contribution in [2.24, 2.45) is 0 Å². The van der Waals surface area contributed by atoms with E-state index < -0.39 is 0 Å². The number of aromatic nitrogens is 2. The average Bonchev–Trinajstić information content (AvgIpc) is 2.32. The number of aromatic hydroxyl groups is 1. The van der Waals surface area contributed by atoms with Crippen LogP contribution in [0.2, 0.25) is 0 Å². The molecule has 0 saturated heterocycles. The lowest BCUT2D eigenvalue weighted by atomic mass is 10.0. The molecule has 2 aromatic rings. The van der Waals surface area contributed by atoms with Gasteiger partial charge in [0, 0.05) is 6.42 Å². The second-order valence-corrected chi connectivity index (χ2v) is 5.24. The van der Waals surface area contributed by atoms with Crippen LogP contribution in [0.15, 0.2) is 23.0 Å². The molecule has 0 aliphatic rings. The zero-order valence-corrected chi connectivity index (χ0v) is 12.2. The molecule has 4 nitrogen and oxygen atoms in total. The van der Waals surface area contributed by atoms with Gasteiger partial charge in [0.15, 0.2) is 0 Å². The summed E-state index contributed by atoms with van der Waals surface area (Å²) < 4.78 is 0. The average molecular weight is 272 g/mol. The van der Waals surface area contributed by atoms with Gasteiger partial charge in [0.1, 0.15) is 5.82 Å². The molecule has 0 fully saturated rings. The summed E-state index contributed by atoms with van der Waals surface area (Å²) in [5.74, 6) is 0.354. The molecule has 0 spiro atoms. The van der Waals surface area contributed by atoms with Crippen LogP contribution < -0.4 is 5.56 Å². The van der Waals surface area contributed by atoms with Crippen molar-refractivity contribution in [2.75, 3.05) is 0 Å². The van der Waals surface area contributed by atoms with E-state index in [2.05, 4.69) is 28.2 Å². The van der Waals surface area contributed by atoms with Crippen LogP contribution in [-0.4, -0.2) is 15.1 Å². The highest BCUT2D eigenvalue weighted by Crippen LogP contribution is 2.15. The Balaban J connectivity index is 2.32. The lowest BCUT2D eigenvalue weighted by molar-refractivity contribution is 0.439. The van der Waals surface area contributed by atoms with Crippen LogP contribution in [0.4, 0.5) is 0 Å². The van der Waals surface area contributed by atoms with E-state index in [9.17, 15) is 9.90 Å². The van der Waals surface area contributed by atoms with Crippen LogP contribution in [0.25, 0.3) is 0 Å². The molecule has 106 valence electrons. The summed E-state index contributed by atoms with van der Waals surface area (Å²) in [6, 6.07) is 6.22. The molecule has 1 aromatic heterocycles. The summed E-state index contributed by atoms with van der Waals surface area (Å²) in [4.78, 5) is 18.8. The van der Waals surface area contributed by atoms with E-state index in [1.807, 2.05) is 20.8 Å². The van der Waals surface area contributed by atoms with Gasteiger partial charge in [0.2, 0.25) is 5.88 Å². The fraction of sp³-hybridized carbons (Fsp3) is 0.375. The molecule has 0 radical (unpaired) electrons. The molecule has 1 heterocycles. The lowest BCUT2D eigenvalue weighted by Gasteiger charge is -2.07. The van der Waals surface area contributed by atoms with Gasteiger partial charge in [-0.2, -0.15) is 4.98 Å². The van der Waals surface area contributed by atoms with Crippen molar-refractivity contribution in [3.63, 3.8) is 0 Å². The molecular weight excluding hydrogens is 252 g/mol. The van der Waals surface area contributed by atoms with Gasteiger partial charge in [-0.15, -0.1) is 0 Å². The number of rotatable bonds is 4. The van der Waals surface area contributed by atoms with Crippen molar-refractivity contribution in [1.82, 2.24) is 9.97 Å². The lowest BCUT2D eigenvalue weighted by Crippen LogP contribution is -2.17. The number of hydrogen-bond acceptors (Lipinski definition) is 3. The number of benzene rings is 1. The van der Waals surface area contributed by atoms with E-state index in [0.29, 0.717) is 24.2 Å². The summed E-state index contributed by atoms with van der Waals surface area (Å²) in [5.41, 5.74) is 3.56. The van der Waals surface area contributed by atoms with Crippen LogP contribution in [0, 0.1) is 13.8 Å². The zero-order valence-electron chi connectivity index (χ0n) is 12.2. The van der Waals surface area contributed by atoms with Crippen molar-refractivity contribution < 1.29 is 5.11 Å². The number of aromatic amines is 1. The molecule has 0 atom stereocenters. The highest BCUT2D eigenvalue weighted by atomic mass is 16.3. The molecule has 1 aromatic carbocycles. The third-order valence-corrected chi connectivity index (χ3v) is 3.20. The van der Waals surface area contributed by atoms with Crippen molar-refractivity contribution in [1.29, 1.82) is 0 Å². The Morgan fingerprint density at radius 2 is 1.85 bits per heavy atom. The van der Waals surface area contributed by atoms with Crippen molar-refractivity contribution >= 4 is 0 Å². The predicted octanol–water partition coefficient (Wildman–Crippen LogP) is 2.64. The van der Waals surface area contributed by atoms with Crippen LogP contribution in [0.3, 0.4) is 0 Å². The van der Waals surface area contributed by atoms with Gasteiger partial charge < -0.3 is 10.1 Å². The van der Waals surface area contributed by atoms with Gasteiger partial charge in [0.25, 0.3) is 5.56 Å². The number of nitrogens with zero attached hydrogens (tertiary/aromatic N) is 1. The maximum atomic E-state index is 11.9. The largest absolute Gasteiger partial charge is 0.493 e. The standard InChI is InChI=1S/C16H20N2O2/c1-4-5-13-15(19)17-14(18-16(13)20)9-12-7-10(2)6-11(3)8-12/h6-8H,4-5,9H2,1-3H3,(H2,17,18,19,20). The van der Waals surface area contributed by atoms with Crippen LogP contribution >= 0.6 is 0 Å². The SMILES string of the molecule is CCCc1c(O)nc(Cc2cc(C)cc(C)c2)[nH]c1=O. The first-order valence-electron chi connectivity index (χ1n) is 6.87. The zero-order chi connectivity index (χ0) is 14.7. The van der Waals surface area contributed by atoms with Crippen LogP contribution in [0.5, 0.6) is 5.88 Å². The van der Waals surface area contributed by atoms with E-state index >= 15 is 0 Å². The maximum Gasteiger partial charge on any atom is 0.257 e. The van der Waals surface area contributed by atoms with Gasteiger partial charge in [-0.1, -0.05) is 42.7 Å². The molecule has 0 amide bonds. The monoisotopic (exact) mass is 272 g/mol. The quantitative estimate of drug-likeness (QED) is 0.899. The van der Waals surface area contributed by atoms with E-state index in [1.165, 1.54) is 11.1 Å². The van der Waals surface area contributed by atoms with Gasteiger partial charge in [0.05, 0.1) is 5.56 Å². The van der Waals surface area contributed by atoms with Gasteiger partial charge in [-0.25, -0.2) is 0 Å². The fourth-order valence-electron chi connectivity index (χ4n) is 2.45. The Morgan fingerprint density at radius 1 is 1.20 bits per heavy atom. The molecule has 2 N–H and O–H groups in total. The van der Waals surface area contributed by atoms with Crippen molar-refractivity contribution in [3.8, 4) is 5.88 Å². The Bertz CT molecular complexity index is 654. The minimum atomic E-state index is -0.237. The molecule has 0 bridgehead atoms. The van der Waals surface area contributed by atoms with E-state index in [1.54, 1.807) is 0 Å². The first-order valence-corrected chi connectivity index (χ1v) is 6.87. The number of hydrogen-bond donors (Lipinski definition) is 2. The first-order chi connectivity index (χ1) is 9.49. The highest BCUT2D eigenvalue weighted by molar-refractivity contribution is 5.31. The Morgan fingerprint density at radius 3 is 2.40 bits per heavy atom. The predicted molar refractivity (Wildman–Crippen MR) is 79.2 cm³/mol. The molecular formula is C16H20N2O2. The molecule has 0 saturated carbocycles. The van der Waals surface area contributed by atoms with Gasteiger partial charge in [-0.3, -0.25) is 4.79 Å². The summed E-state index contributed by atoms with van der Waals surface area (Å²) in [5, 5.41) is 9.86. The van der Waals surface area contributed by atoms with Gasteiger partial charge >= 0.3 is 0 Å². The minimum Gasteiger partial charge on any atom is -0.493 e. The second kappa shape index (κ2) is 5.90. The molecule has 0 aliphatic heterocycles. The van der Waals surface area contributed by atoms with Crippen molar-refractivity contribution in [2.45, 2.75) is 40.0 Å². The second-order valence-electron chi connectivity index (χ2n) is 5.24. The topological polar surface area (TPSA) is 66.0 Å². The van der Waals surface area contributed by atoms with Crippen LogP contribution in [0.1, 0.15) is 41.4 Å².